The van der Waals surface area contributed by atoms with E-state index in [1.54, 1.807) is 6.92 Å². The minimum absolute atomic E-state index is 0.0627. The number of anilines is 1. The molecule has 2 aromatic heterocycles. The van der Waals surface area contributed by atoms with Crippen LogP contribution < -0.4 is 20.9 Å². The number of hydrogen-bond acceptors (Lipinski definition) is 9. The largest absolute Gasteiger partial charge is 0.372 e. The van der Waals surface area contributed by atoms with Gasteiger partial charge in [-0.1, -0.05) is 16.8 Å². The molecule has 3 N–H and O–H groups in total. The van der Waals surface area contributed by atoms with E-state index in [1.807, 2.05) is 32.6 Å². The first-order chi connectivity index (χ1) is 16.3. The van der Waals surface area contributed by atoms with Gasteiger partial charge in [-0.25, -0.2) is 9.78 Å². The number of hydrogen-bond donors (Lipinski definition) is 3. The maximum atomic E-state index is 13.3. The molecule has 12 nitrogen and oxygen atoms in total. The number of fused-ring (bicyclic) bond motifs is 5. The highest BCUT2D eigenvalue weighted by molar-refractivity contribution is 6.38. The highest BCUT2D eigenvalue weighted by Gasteiger charge is 2.63. The van der Waals surface area contributed by atoms with Crippen molar-refractivity contribution >= 4 is 52.1 Å². The fraction of sp³-hybridized carbons (Fsp3) is 0.545. The molecule has 0 radical (unpaired) electrons. The lowest BCUT2D eigenvalue weighted by molar-refractivity contribution is -0.153. The molecule has 35 heavy (non-hydrogen) atoms. The summed E-state index contributed by atoms with van der Waals surface area (Å²) in [5, 5.41) is 11.3. The standard InChI is InChI=1S/C22H25ClN6O6/c1-8-7-29-14-10(6-22(16(29)9(2)34-8)18(31)25-20(33)26-19(22)32)24-12-13(17(30)27-21(3,4)5)28-35-15(12)11(14)23/h8-9,16H,6-7H2,1-5H3,(H,27,30)(H2,25,26,31,32,33)/t8-,9+,16-/m1/s1. The van der Waals surface area contributed by atoms with E-state index in [4.69, 9.17) is 20.9 Å². The van der Waals surface area contributed by atoms with Crippen molar-refractivity contribution in [3.8, 4) is 0 Å². The lowest BCUT2D eigenvalue weighted by Crippen LogP contribution is -2.75. The number of nitrogens with zero attached hydrogens (tertiary/aromatic N) is 3. The summed E-state index contributed by atoms with van der Waals surface area (Å²) in [4.78, 5) is 57.7. The molecule has 3 aliphatic rings. The Morgan fingerprint density at radius 1 is 1.20 bits per heavy atom. The normalized spacial score (nSPS) is 25.7. The van der Waals surface area contributed by atoms with Crippen LogP contribution in [-0.4, -0.2) is 64.2 Å². The minimum atomic E-state index is -1.71. The molecular weight excluding hydrogens is 480 g/mol. The Morgan fingerprint density at radius 3 is 2.49 bits per heavy atom. The molecule has 3 atom stereocenters. The van der Waals surface area contributed by atoms with Crippen molar-refractivity contribution in [2.75, 3.05) is 11.4 Å². The third kappa shape index (κ3) is 3.46. The summed E-state index contributed by atoms with van der Waals surface area (Å²) in [5.74, 6) is -1.99. The van der Waals surface area contributed by atoms with Crippen LogP contribution in [0, 0.1) is 5.41 Å². The molecule has 0 aliphatic carbocycles. The minimum Gasteiger partial charge on any atom is -0.372 e. The van der Waals surface area contributed by atoms with Gasteiger partial charge in [-0.15, -0.1) is 0 Å². The van der Waals surface area contributed by atoms with Crippen molar-refractivity contribution < 1.29 is 28.4 Å². The zero-order valence-electron chi connectivity index (χ0n) is 19.8. The maximum Gasteiger partial charge on any atom is 0.328 e. The topological polar surface area (TPSA) is 156 Å². The monoisotopic (exact) mass is 504 g/mol. The number of aromatic nitrogens is 2. The number of halogens is 1. The van der Waals surface area contributed by atoms with Crippen molar-refractivity contribution in [1.29, 1.82) is 0 Å². The van der Waals surface area contributed by atoms with Crippen LogP contribution in [-0.2, 0) is 20.7 Å². The summed E-state index contributed by atoms with van der Waals surface area (Å²) in [6.07, 6.45) is -0.987. The fourth-order valence-electron chi connectivity index (χ4n) is 5.31. The number of barbiturate groups is 1. The van der Waals surface area contributed by atoms with Gasteiger partial charge in [0.1, 0.15) is 10.5 Å². The molecule has 1 spiro atoms. The number of urea groups is 1. The molecule has 3 aliphatic heterocycles. The second-order valence-electron chi connectivity index (χ2n) is 10.3. The molecule has 13 heteroatoms. The highest BCUT2D eigenvalue weighted by atomic mass is 35.5. The zero-order chi connectivity index (χ0) is 25.4. The molecule has 5 rings (SSSR count). The van der Waals surface area contributed by atoms with E-state index in [2.05, 4.69) is 26.1 Å². The summed E-state index contributed by atoms with van der Waals surface area (Å²) >= 11 is 6.81. The molecule has 2 saturated heterocycles. The number of amides is 5. The Kier molecular flexibility index (Phi) is 5.12. The molecule has 5 amide bonds. The van der Waals surface area contributed by atoms with Gasteiger partial charge in [0.25, 0.3) is 5.91 Å². The average molecular weight is 505 g/mol. The molecule has 0 saturated carbocycles. The van der Waals surface area contributed by atoms with Gasteiger partial charge in [-0.05, 0) is 34.6 Å². The summed E-state index contributed by atoms with van der Waals surface area (Å²) in [6, 6.07) is -1.66. The Bertz CT molecular complexity index is 1280. The van der Waals surface area contributed by atoms with E-state index in [0.29, 0.717) is 17.9 Å². The summed E-state index contributed by atoms with van der Waals surface area (Å²) in [7, 11) is 0. The first kappa shape index (κ1) is 23.5. The lowest BCUT2D eigenvalue weighted by Gasteiger charge is -2.55. The molecular formula is C22H25ClN6O6. The zero-order valence-corrected chi connectivity index (χ0v) is 20.6. The predicted molar refractivity (Wildman–Crippen MR) is 123 cm³/mol. The Morgan fingerprint density at radius 2 is 1.86 bits per heavy atom. The summed E-state index contributed by atoms with van der Waals surface area (Å²) in [5.41, 5.74) is -1.28. The Labute approximate surface area is 205 Å². The van der Waals surface area contributed by atoms with Crippen LogP contribution in [0.4, 0.5) is 10.5 Å². The van der Waals surface area contributed by atoms with E-state index in [0.717, 1.165) is 0 Å². The van der Waals surface area contributed by atoms with Crippen LogP contribution in [0.15, 0.2) is 4.52 Å². The van der Waals surface area contributed by atoms with Crippen LogP contribution in [0.25, 0.3) is 11.1 Å². The van der Waals surface area contributed by atoms with Crippen LogP contribution in [0.1, 0.15) is 50.8 Å². The maximum absolute atomic E-state index is 13.3. The molecule has 186 valence electrons. The van der Waals surface area contributed by atoms with Crippen molar-refractivity contribution in [3.63, 3.8) is 0 Å². The number of imide groups is 2. The SMILES string of the molecule is C[C@@H]1CN2c3c(nc4c(C(=O)NC(C)(C)C)noc4c3Cl)CC3(C(=O)NC(=O)NC3=O)[C@H]2[C@H](C)O1. The lowest BCUT2D eigenvalue weighted by atomic mass is 9.67. The van der Waals surface area contributed by atoms with Crippen molar-refractivity contribution in [1.82, 2.24) is 26.1 Å². The highest BCUT2D eigenvalue weighted by Crippen LogP contribution is 2.50. The Balaban J connectivity index is 1.72. The number of carbonyl (C=O) groups excluding carboxylic acids is 4. The fourth-order valence-corrected chi connectivity index (χ4v) is 5.65. The van der Waals surface area contributed by atoms with Crippen molar-refractivity contribution in [2.24, 2.45) is 5.41 Å². The van der Waals surface area contributed by atoms with Crippen LogP contribution in [0.2, 0.25) is 5.02 Å². The predicted octanol–water partition coefficient (Wildman–Crippen LogP) is 1.30. The molecule has 5 heterocycles. The van der Waals surface area contributed by atoms with Gasteiger partial charge in [0.05, 0.1) is 29.6 Å². The van der Waals surface area contributed by atoms with Crippen molar-refractivity contribution in [3.05, 3.63) is 16.4 Å². The van der Waals surface area contributed by atoms with E-state index in [1.165, 1.54) is 0 Å². The third-order valence-electron chi connectivity index (χ3n) is 6.48. The quantitative estimate of drug-likeness (QED) is 0.487. The first-order valence-electron chi connectivity index (χ1n) is 11.2. The Hall–Kier alpha value is -3.25. The number of pyridine rings is 1. The van der Waals surface area contributed by atoms with Gasteiger partial charge in [-0.3, -0.25) is 25.0 Å². The first-order valence-corrected chi connectivity index (χ1v) is 11.6. The molecule has 0 unspecified atom stereocenters. The van der Waals surface area contributed by atoms with Gasteiger partial charge in [-0.2, -0.15) is 0 Å². The van der Waals surface area contributed by atoms with E-state index >= 15 is 0 Å². The van der Waals surface area contributed by atoms with Crippen LogP contribution >= 0.6 is 11.6 Å². The number of carbonyl (C=O) groups is 4. The smallest absolute Gasteiger partial charge is 0.328 e. The van der Waals surface area contributed by atoms with Crippen LogP contribution in [0.5, 0.6) is 0 Å². The number of ether oxygens (including phenoxy) is 1. The van der Waals surface area contributed by atoms with E-state index in [-0.39, 0.29) is 34.3 Å². The summed E-state index contributed by atoms with van der Waals surface area (Å²) < 4.78 is 11.4. The van der Waals surface area contributed by atoms with Gasteiger partial charge in [0, 0.05) is 18.5 Å². The number of rotatable bonds is 1. The second kappa shape index (κ2) is 7.62. The summed E-state index contributed by atoms with van der Waals surface area (Å²) in [6.45, 7) is 9.39. The van der Waals surface area contributed by atoms with Gasteiger partial charge in [0.2, 0.25) is 17.4 Å². The number of morpholine rings is 1. The van der Waals surface area contributed by atoms with Gasteiger partial charge < -0.3 is 19.5 Å². The molecule has 2 aromatic rings. The molecule has 2 fully saturated rings. The number of nitrogens with one attached hydrogen (secondary N) is 3. The second-order valence-corrected chi connectivity index (χ2v) is 10.6. The molecule has 0 bridgehead atoms. The van der Waals surface area contributed by atoms with Gasteiger partial charge >= 0.3 is 6.03 Å². The van der Waals surface area contributed by atoms with Gasteiger partial charge in [0.15, 0.2) is 11.1 Å². The van der Waals surface area contributed by atoms with E-state index in [9.17, 15) is 19.2 Å². The van der Waals surface area contributed by atoms with Crippen molar-refractivity contribution in [2.45, 2.75) is 64.8 Å². The molecule has 0 aromatic carbocycles. The average Bonchev–Trinajstić information content (AvgIpc) is 3.14. The van der Waals surface area contributed by atoms with Crippen LogP contribution in [0.3, 0.4) is 0 Å². The van der Waals surface area contributed by atoms with E-state index < -0.39 is 46.9 Å². The third-order valence-corrected chi connectivity index (χ3v) is 6.83.